The zero-order valence-corrected chi connectivity index (χ0v) is 16.5. The fourth-order valence-corrected chi connectivity index (χ4v) is 2.10. The van der Waals surface area contributed by atoms with E-state index < -0.39 is 11.7 Å². The van der Waals surface area contributed by atoms with E-state index in [0.717, 1.165) is 17.9 Å². The van der Waals surface area contributed by atoms with E-state index in [1.807, 2.05) is 58.9 Å². The van der Waals surface area contributed by atoms with E-state index in [2.05, 4.69) is 20.9 Å². The lowest BCUT2D eigenvalue weighted by molar-refractivity contribution is 0.0529. The van der Waals surface area contributed by atoms with Crippen molar-refractivity contribution in [3.05, 3.63) is 29.8 Å². The van der Waals surface area contributed by atoms with Crippen molar-refractivity contribution in [1.29, 1.82) is 0 Å². The number of ether oxygens (including phenoxy) is 2. The molecule has 3 N–H and O–H groups in total. The van der Waals surface area contributed by atoms with Crippen LogP contribution >= 0.6 is 0 Å². The molecule has 1 aromatic rings. The maximum atomic E-state index is 11.6. The number of hydrogen-bond acceptors (Lipinski definition) is 4. The minimum Gasteiger partial charge on any atom is -0.494 e. The monoisotopic (exact) mass is 364 g/mol. The van der Waals surface area contributed by atoms with E-state index in [9.17, 15) is 4.79 Å². The van der Waals surface area contributed by atoms with Crippen molar-refractivity contribution in [3.8, 4) is 5.75 Å². The molecule has 0 fully saturated rings. The second kappa shape index (κ2) is 11.2. The molecule has 0 saturated carbocycles. The topological polar surface area (TPSA) is 84.0 Å². The molecular weight excluding hydrogens is 332 g/mol. The van der Waals surface area contributed by atoms with Crippen molar-refractivity contribution in [1.82, 2.24) is 16.0 Å². The second-order valence-corrected chi connectivity index (χ2v) is 6.59. The van der Waals surface area contributed by atoms with E-state index >= 15 is 0 Å². The molecule has 0 unspecified atom stereocenters. The minimum atomic E-state index is -0.498. The Morgan fingerprint density at radius 2 is 1.77 bits per heavy atom. The van der Waals surface area contributed by atoms with Crippen LogP contribution in [0, 0.1) is 0 Å². The maximum Gasteiger partial charge on any atom is 0.407 e. The molecule has 0 bridgehead atoms. The van der Waals surface area contributed by atoms with E-state index in [0.29, 0.717) is 32.2 Å². The molecule has 0 saturated heterocycles. The predicted octanol–water partition coefficient (Wildman–Crippen LogP) is 2.67. The van der Waals surface area contributed by atoms with E-state index in [-0.39, 0.29) is 0 Å². The summed E-state index contributed by atoms with van der Waals surface area (Å²) in [6.45, 7) is 12.3. The number of rotatable bonds is 8. The van der Waals surface area contributed by atoms with Gasteiger partial charge in [0.05, 0.1) is 13.2 Å². The molecule has 0 spiro atoms. The van der Waals surface area contributed by atoms with Gasteiger partial charge in [-0.2, -0.15) is 0 Å². The predicted molar refractivity (Wildman–Crippen MR) is 105 cm³/mol. The SMILES string of the molecule is CCNC(=NCc1ccccc1OCC)NCCNC(=O)OC(C)(C)C. The summed E-state index contributed by atoms with van der Waals surface area (Å²) in [5, 5.41) is 9.08. The van der Waals surface area contributed by atoms with E-state index in [1.165, 1.54) is 0 Å². The summed E-state index contributed by atoms with van der Waals surface area (Å²) in [5.74, 6) is 1.53. The molecular formula is C19H32N4O3. The van der Waals surface area contributed by atoms with Gasteiger partial charge >= 0.3 is 6.09 Å². The highest BCUT2D eigenvalue weighted by atomic mass is 16.6. The molecule has 0 aliphatic heterocycles. The largest absolute Gasteiger partial charge is 0.494 e. The van der Waals surface area contributed by atoms with Crippen molar-refractivity contribution in [3.63, 3.8) is 0 Å². The maximum absolute atomic E-state index is 11.6. The van der Waals surface area contributed by atoms with Crippen LogP contribution in [0.3, 0.4) is 0 Å². The number of benzene rings is 1. The lowest BCUT2D eigenvalue weighted by atomic mass is 10.2. The third-order valence-corrected chi connectivity index (χ3v) is 3.11. The Morgan fingerprint density at radius 3 is 2.42 bits per heavy atom. The number of carbonyl (C=O) groups is 1. The van der Waals surface area contributed by atoms with Crippen LogP contribution in [0.25, 0.3) is 0 Å². The number of carbonyl (C=O) groups excluding carboxylic acids is 1. The first kappa shape index (κ1) is 21.6. The fourth-order valence-electron chi connectivity index (χ4n) is 2.10. The Labute approximate surface area is 156 Å². The molecule has 0 heterocycles. The average Bonchev–Trinajstić information content (AvgIpc) is 2.56. The summed E-state index contributed by atoms with van der Waals surface area (Å²) in [4.78, 5) is 16.2. The fraction of sp³-hybridized carbons (Fsp3) is 0.579. The number of guanidine groups is 1. The van der Waals surface area contributed by atoms with Gasteiger partial charge in [-0.3, -0.25) is 0 Å². The van der Waals surface area contributed by atoms with Crippen molar-refractivity contribution in [2.45, 2.75) is 46.8 Å². The van der Waals surface area contributed by atoms with E-state index in [4.69, 9.17) is 9.47 Å². The summed E-state index contributed by atoms with van der Waals surface area (Å²) in [7, 11) is 0. The zero-order chi connectivity index (χ0) is 19.4. The number of nitrogens with zero attached hydrogens (tertiary/aromatic N) is 1. The quantitative estimate of drug-likeness (QED) is 0.375. The number of para-hydroxylation sites is 1. The standard InChI is InChI=1S/C19H32N4O3/c1-6-20-17(21-12-13-22-18(24)26-19(3,4)5)23-14-15-10-8-9-11-16(15)25-7-2/h8-11H,6-7,12-14H2,1-5H3,(H,22,24)(H2,20,21,23). The van der Waals surface area contributed by atoms with Crippen LogP contribution in [0.4, 0.5) is 4.79 Å². The zero-order valence-electron chi connectivity index (χ0n) is 16.5. The molecule has 0 radical (unpaired) electrons. The number of nitrogens with one attached hydrogen (secondary N) is 3. The van der Waals surface area contributed by atoms with Gasteiger partial charge in [0.15, 0.2) is 5.96 Å². The molecule has 1 rings (SSSR count). The van der Waals surface area contributed by atoms with Gasteiger partial charge < -0.3 is 25.4 Å². The average molecular weight is 364 g/mol. The smallest absolute Gasteiger partial charge is 0.407 e. The van der Waals surface area contributed by atoms with Gasteiger partial charge in [0.1, 0.15) is 11.4 Å². The van der Waals surface area contributed by atoms with Gasteiger partial charge in [0.2, 0.25) is 0 Å². The van der Waals surface area contributed by atoms with Crippen molar-refractivity contribution < 1.29 is 14.3 Å². The number of aliphatic imine (C=N–C) groups is 1. The van der Waals surface area contributed by atoms with Gasteiger partial charge in [-0.15, -0.1) is 0 Å². The van der Waals surface area contributed by atoms with Crippen LogP contribution in [0.1, 0.15) is 40.2 Å². The Kier molecular flexibility index (Phi) is 9.33. The molecule has 1 aromatic carbocycles. The first-order valence-corrected chi connectivity index (χ1v) is 9.05. The Bertz CT molecular complexity index is 582. The third kappa shape index (κ3) is 9.15. The lowest BCUT2D eigenvalue weighted by Gasteiger charge is -2.20. The molecule has 1 amide bonds. The van der Waals surface area contributed by atoms with Gasteiger partial charge in [0.25, 0.3) is 0 Å². The van der Waals surface area contributed by atoms with Crippen LogP contribution < -0.4 is 20.7 Å². The number of amides is 1. The summed E-state index contributed by atoms with van der Waals surface area (Å²) in [6.07, 6.45) is -0.424. The molecule has 0 aliphatic carbocycles. The van der Waals surface area contributed by atoms with Crippen molar-refractivity contribution in [2.75, 3.05) is 26.2 Å². The van der Waals surface area contributed by atoms with Crippen LogP contribution in [0.2, 0.25) is 0 Å². The highest BCUT2D eigenvalue weighted by Gasteiger charge is 2.15. The van der Waals surface area contributed by atoms with Gasteiger partial charge in [0, 0.05) is 25.2 Å². The highest BCUT2D eigenvalue weighted by molar-refractivity contribution is 5.79. The normalized spacial score (nSPS) is 11.7. The molecule has 146 valence electrons. The van der Waals surface area contributed by atoms with Gasteiger partial charge in [-0.1, -0.05) is 18.2 Å². The molecule has 0 aromatic heterocycles. The first-order chi connectivity index (χ1) is 12.4. The van der Waals surface area contributed by atoms with Crippen LogP contribution in [-0.2, 0) is 11.3 Å². The van der Waals surface area contributed by atoms with Crippen LogP contribution in [0.15, 0.2) is 29.3 Å². The number of hydrogen-bond donors (Lipinski definition) is 3. The molecule has 7 heteroatoms. The van der Waals surface area contributed by atoms with Gasteiger partial charge in [-0.05, 0) is 40.7 Å². The van der Waals surface area contributed by atoms with Crippen molar-refractivity contribution >= 4 is 12.1 Å². The lowest BCUT2D eigenvalue weighted by Crippen LogP contribution is -2.42. The van der Waals surface area contributed by atoms with Crippen LogP contribution in [-0.4, -0.2) is 43.9 Å². The Morgan fingerprint density at radius 1 is 1.08 bits per heavy atom. The van der Waals surface area contributed by atoms with Gasteiger partial charge in [-0.25, -0.2) is 9.79 Å². The Hall–Kier alpha value is -2.44. The summed E-state index contributed by atoms with van der Waals surface area (Å²) >= 11 is 0. The van der Waals surface area contributed by atoms with Crippen molar-refractivity contribution in [2.24, 2.45) is 4.99 Å². The molecule has 7 nitrogen and oxygen atoms in total. The molecule has 0 atom stereocenters. The number of alkyl carbamates (subject to hydrolysis) is 1. The summed E-state index contributed by atoms with van der Waals surface area (Å²) < 4.78 is 10.8. The summed E-state index contributed by atoms with van der Waals surface area (Å²) in [5.41, 5.74) is 0.528. The molecule has 26 heavy (non-hydrogen) atoms. The first-order valence-electron chi connectivity index (χ1n) is 9.05. The van der Waals surface area contributed by atoms with E-state index in [1.54, 1.807) is 0 Å². The third-order valence-electron chi connectivity index (χ3n) is 3.11. The Balaban J connectivity index is 2.50. The summed E-state index contributed by atoms with van der Waals surface area (Å²) in [6, 6.07) is 7.87. The van der Waals surface area contributed by atoms with Crippen LogP contribution in [0.5, 0.6) is 5.75 Å². The minimum absolute atomic E-state index is 0.424. The molecule has 0 aliphatic rings. The second-order valence-electron chi connectivity index (χ2n) is 6.59. The highest BCUT2D eigenvalue weighted by Crippen LogP contribution is 2.18.